The van der Waals surface area contributed by atoms with Crippen LogP contribution in [0.15, 0.2) is 24.3 Å². The summed E-state index contributed by atoms with van der Waals surface area (Å²) in [5, 5.41) is 3.22. The minimum Gasteiger partial charge on any atom is -0.493 e. The molecule has 0 bridgehead atoms. The molecular weight excluding hydrogens is 276 g/mol. The molecule has 1 N–H and O–H groups in total. The maximum absolute atomic E-state index is 12.6. The van der Waals surface area contributed by atoms with Gasteiger partial charge in [0.2, 0.25) is 5.91 Å². The van der Waals surface area contributed by atoms with Gasteiger partial charge in [0.15, 0.2) is 0 Å². The van der Waals surface area contributed by atoms with Crippen LogP contribution in [-0.2, 0) is 4.79 Å². The van der Waals surface area contributed by atoms with Crippen molar-refractivity contribution in [2.45, 2.75) is 45.2 Å². The van der Waals surface area contributed by atoms with Crippen LogP contribution in [0.5, 0.6) is 5.75 Å². The molecule has 4 nitrogen and oxygen atoms in total. The second-order valence-electron chi connectivity index (χ2n) is 6.63. The van der Waals surface area contributed by atoms with Crippen molar-refractivity contribution in [2.24, 2.45) is 5.92 Å². The van der Waals surface area contributed by atoms with Crippen LogP contribution in [0.25, 0.3) is 0 Å². The number of ether oxygens (including phenoxy) is 1. The highest BCUT2D eigenvalue weighted by Crippen LogP contribution is 2.31. The van der Waals surface area contributed by atoms with E-state index in [1.54, 1.807) is 0 Å². The van der Waals surface area contributed by atoms with Gasteiger partial charge < -0.3 is 10.1 Å². The highest BCUT2D eigenvalue weighted by molar-refractivity contribution is 5.81. The van der Waals surface area contributed by atoms with Crippen LogP contribution in [0.2, 0.25) is 0 Å². The Hall–Kier alpha value is -1.55. The monoisotopic (exact) mass is 302 g/mol. The summed E-state index contributed by atoms with van der Waals surface area (Å²) in [6.07, 6.45) is 3.22. The van der Waals surface area contributed by atoms with Crippen molar-refractivity contribution in [3.8, 4) is 5.75 Å². The molecule has 0 spiro atoms. The lowest BCUT2D eigenvalue weighted by atomic mass is 9.97. The molecule has 3 rings (SSSR count). The predicted octanol–water partition coefficient (Wildman–Crippen LogP) is 2.75. The van der Waals surface area contributed by atoms with Crippen LogP contribution in [0.4, 0.5) is 0 Å². The highest BCUT2D eigenvalue weighted by Gasteiger charge is 2.28. The number of rotatable bonds is 3. The van der Waals surface area contributed by atoms with Gasteiger partial charge in [-0.15, -0.1) is 0 Å². The molecule has 4 heteroatoms. The molecule has 1 amide bonds. The third-order valence-corrected chi connectivity index (χ3v) is 5.02. The fourth-order valence-corrected chi connectivity index (χ4v) is 3.37. The second-order valence-corrected chi connectivity index (χ2v) is 6.63. The summed E-state index contributed by atoms with van der Waals surface area (Å²) in [5.74, 6) is 1.82. The van der Waals surface area contributed by atoms with Crippen molar-refractivity contribution >= 4 is 5.91 Å². The minimum atomic E-state index is -0.0532. The van der Waals surface area contributed by atoms with Crippen LogP contribution in [0.3, 0.4) is 0 Å². The third-order valence-electron chi connectivity index (χ3n) is 5.02. The van der Waals surface area contributed by atoms with E-state index in [9.17, 15) is 4.79 Å². The normalized spacial score (nSPS) is 24.2. The summed E-state index contributed by atoms with van der Waals surface area (Å²) >= 11 is 0. The van der Waals surface area contributed by atoms with Gasteiger partial charge in [0.1, 0.15) is 5.75 Å². The number of fused-ring (bicyclic) bond motifs is 1. The summed E-state index contributed by atoms with van der Waals surface area (Å²) in [4.78, 5) is 14.9. The first-order chi connectivity index (χ1) is 10.6. The minimum absolute atomic E-state index is 0.0532. The smallest absolute Gasteiger partial charge is 0.237 e. The average molecular weight is 302 g/mol. The topological polar surface area (TPSA) is 41.6 Å². The molecule has 1 aromatic carbocycles. The van der Waals surface area contributed by atoms with E-state index in [0.29, 0.717) is 6.61 Å². The number of hydrogen-bond acceptors (Lipinski definition) is 3. The summed E-state index contributed by atoms with van der Waals surface area (Å²) in [6, 6.07) is 8.02. The molecule has 2 unspecified atom stereocenters. The molecule has 1 aromatic rings. The number of benzene rings is 1. The number of nitrogens with one attached hydrogen (secondary N) is 1. The number of para-hydroxylation sites is 1. The second kappa shape index (κ2) is 6.69. The van der Waals surface area contributed by atoms with Crippen LogP contribution in [0.1, 0.15) is 44.7 Å². The third kappa shape index (κ3) is 3.27. The zero-order chi connectivity index (χ0) is 15.5. The van der Waals surface area contributed by atoms with Gasteiger partial charge in [0, 0.05) is 12.0 Å². The Morgan fingerprint density at radius 2 is 2.00 bits per heavy atom. The lowest BCUT2D eigenvalue weighted by molar-refractivity contribution is -0.127. The lowest BCUT2D eigenvalue weighted by Crippen LogP contribution is -2.49. The number of amides is 1. The van der Waals surface area contributed by atoms with E-state index in [0.717, 1.165) is 36.7 Å². The number of piperidine rings is 1. The van der Waals surface area contributed by atoms with E-state index >= 15 is 0 Å². The molecule has 2 atom stereocenters. The Kier molecular flexibility index (Phi) is 4.67. The molecule has 2 aliphatic rings. The Morgan fingerprint density at radius 1 is 1.27 bits per heavy atom. The Bertz CT molecular complexity index is 524. The van der Waals surface area contributed by atoms with Gasteiger partial charge in [0.05, 0.1) is 18.7 Å². The van der Waals surface area contributed by atoms with E-state index in [1.165, 1.54) is 12.8 Å². The lowest BCUT2D eigenvalue weighted by Gasteiger charge is -2.35. The fraction of sp³-hybridized carbons (Fsp3) is 0.611. The van der Waals surface area contributed by atoms with Crippen molar-refractivity contribution in [2.75, 3.05) is 19.7 Å². The first-order valence-corrected chi connectivity index (χ1v) is 8.41. The van der Waals surface area contributed by atoms with Gasteiger partial charge in [-0.2, -0.15) is 0 Å². The van der Waals surface area contributed by atoms with Crippen LogP contribution in [-0.4, -0.2) is 36.5 Å². The molecule has 0 aliphatic carbocycles. The van der Waals surface area contributed by atoms with E-state index in [2.05, 4.69) is 17.1 Å². The maximum Gasteiger partial charge on any atom is 0.237 e. The average Bonchev–Trinajstić information content (AvgIpc) is 2.55. The number of hydrogen-bond donors (Lipinski definition) is 1. The van der Waals surface area contributed by atoms with E-state index < -0.39 is 0 Å². The van der Waals surface area contributed by atoms with Crippen LogP contribution < -0.4 is 10.1 Å². The molecule has 1 saturated heterocycles. The standard InChI is InChI=1S/C18H26N2O2/c1-13-7-10-20(11-8-13)14(2)18(21)19-16-9-12-22-17-6-4-3-5-15(16)17/h3-6,13-14,16H,7-12H2,1-2H3,(H,19,21). The summed E-state index contributed by atoms with van der Waals surface area (Å²) in [7, 11) is 0. The fourth-order valence-electron chi connectivity index (χ4n) is 3.37. The molecule has 22 heavy (non-hydrogen) atoms. The highest BCUT2D eigenvalue weighted by atomic mass is 16.5. The summed E-state index contributed by atoms with van der Waals surface area (Å²) in [6.45, 7) is 7.04. The maximum atomic E-state index is 12.6. The van der Waals surface area contributed by atoms with Crippen molar-refractivity contribution in [1.29, 1.82) is 0 Å². The molecule has 0 saturated carbocycles. The summed E-state index contributed by atoms with van der Waals surface area (Å²) in [5.41, 5.74) is 1.10. The van der Waals surface area contributed by atoms with Gasteiger partial charge in [-0.3, -0.25) is 9.69 Å². The van der Waals surface area contributed by atoms with Gasteiger partial charge >= 0.3 is 0 Å². The van der Waals surface area contributed by atoms with Crippen LogP contribution in [0, 0.1) is 5.92 Å². The van der Waals surface area contributed by atoms with E-state index in [4.69, 9.17) is 4.74 Å². The SMILES string of the molecule is CC1CCN(C(C)C(=O)NC2CCOc3ccccc32)CC1. The Balaban J connectivity index is 1.62. The molecule has 2 aliphatic heterocycles. The van der Waals surface area contributed by atoms with Crippen molar-refractivity contribution in [3.05, 3.63) is 29.8 Å². The zero-order valence-electron chi connectivity index (χ0n) is 13.5. The largest absolute Gasteiger partial charge is 0.493 e. The van der Waals surface area contributed by atoms with Gasteiger partial charge in [-0.1, -0.05) is 25.1 Å². The van der Waals surface area contributed by atoms with E-state index in [1.807, 2.05) is 31.2 Å². The van der Waals surface area contributed by atoms with Crippen molar-refractivity contribution in [1.82, 2.24) is 10.2 Å². The molecular formula is C18H26N2O2. The molecule has 120 valence electrons. The molecule has 2 heterocycles. The molecule has 0 radical (unpaired) electrons. The number of carbonyl (C=O) groups is 1. The van der Waals surface area contributed by atoms with Gasteiger partial charge in [-0.05, 0) is 44.8 Å². The number of nitrogens with zero attached hydrogens (tertiary/aromatic N) is 1. The molecule has 1 fully saturated rings. The van der Waals surface area contributed by atoms with Crippen molar-refractivity contribution < 1.29 is 9.53 Å². The Labute approximate surface area is 132 Å². The van der Waals surface area contributed by atoms with Gasteiger partial charge in [0.25, 0.3) is 0 Å². The predicted molar refractivity (Wildman–Crippen MR) is 86.9 cm³/mol. The van der Waals surface area contributed by atoms with Gasteiger partial charge in [-0.25, -0.2) is 0 Å². The quantitative estimate of drug-likeness (QED) is 0.933. The number of likely N-dealkylation sites (tertiary alicyclic amines) is 1. The van der Waals surface area contributed by atoms with Crippen molar-refractivity contribution in [3.63, 3.8) is 0 Å². The number of carbonyl (C=O) groups excluding carboxylic acids is 1. The first kappa shape index (κ1) is 15.3. The Morgan fingerprint density at radius 3 is 2.77 bits per heavy atom. The van der Waals surface area contributed by atoms with Crippen LogP contribution >= 0.6 is 0 Å². The summed E-state index contributed by atoms with van der Waals surface area (Å²) < 4.78 is 5.66. The molecule has 0 aromatic heterocycles. The van der Waals surface area contributed by atoms with E-state index in [-0.39, 0.29) is 18.0 Å². The zero-order valence-corrected chi connectivity index (χ0v) is 13.5. The first-order valence-electron chi connectivity index (χ1n) is 8.41.